The van der Waals surface area contributed by atoms with Crippen LogP contribution in [0, 0.1) is 0 Å². The number of rotatable bonds is 3. The molecule has 0 radical (unpaired) electrons. The van der Waals surface area contributed by atoms with Gasteiger partial charge in [-0.1, -0.05) is 0 Å². The minimum absolute atomic E-state index is 0.0622. The summed E-state index contributed by atoms with van der Waals surface area (Å²) in [6, 6.07) is 0.215. The van der Waals surface area contributed by atoms with E-state index in [0.717, 1.165) is 25.5 Å². The minimum atomic E-state index is 0.0622. The third-order valence-corrected chi connectivity index (χ3v) is 5.67. The Balaban J connectivity index is 1.54. The van der Waals surface area contributed by atoms with Crippen LogP contribution in [0.15, 0.2) is 12.4 Å². The van der Waals surface area contributed by atoms with Gasteiger partial charge in [0, 0.05) is 43.8 Å². The normalized spacial score (nSPS) is 27.0. The number of urea groups is 1. The van der Waals surface area contributed by atoms with Gasteiger partial charge in [-0.3, -0.25) is 4.90 Å². The Hall–Kier alpha value is -1.21. The second-order valence-corrected chi connectivity index (χ2v) is 7.15. The first kappa shape index (κ1) is 14.7. The number of hydrogen-bond donors (Lipinski definition) is 2. The maximum atomic E-state index is 12.3. The zero-order valence-corrected chi connectivity index (χ0v) is 13.2. The van der Waals surface area contributed by atoms with Crippen molar-refractivity contribution in [2.75, 3.05) is 39.0 Å². The van der Waals surface area contributed by atoms with Crippen LogP contribution in [-0.2, 0) is 0 Å². The fourth-order valence-corrected chi connectivity index (χ4v) is 4.13. The zero-order valence-electron chi connectivity index (χ0n) is 12.4. The third-order valence-electron chi connectivity index (χ3n) is 4.28. The molecule has 2 N–H and O–H groups in total. The van der Waals surface area contributed by atoms with E-state index in [1.807, 2.05) is 22.9 Å². The lowest BCUT2D eigenvalue weighted by atomic mass is 10.1. The maximum Gasteiger partial charge on any atom is 0.317 e. The lowest BCUT2D eigenvalue weighted by Gasteiger charge is -2.38. The summed E-state index contributed by atoms with van der Waals surface area (Å²) in [5, 5.41) is 3.69. The summed E-state index contributed by atoms with van der Waals surface area (Å²) in [6.45, 7) is 3.13. The number of carbonyl (C=O) groups is 1. The van der Waals surface area contributed by atoms with Crippen molar-refractivity contribution in [3.05, 3.63) is 18.2 Å². The van der Waals surface area contributed by atoms with Crippen LogP contribution >= 0.6 is 11.8 Å². The van der Waals surface area contributed by atoms with E-state index in [9.17, 15) is 4.79 Å². The Morgan fingerprint density at radius 1 is 1.57 bits per heavy atom. The molecule has 2 fully saturated rings. The Morgan fingerprint density at radius 2 is 2.48 bits per heavy atom. The van der Waals surface area contributed by atoms with Crippen molar-refractivity contribution in [2.24, 2.45) is 0 Å². The van der Waals surface area contributed by atoms with Gasteiger partial charge in [0.2, 0.25) is 0 Å². The molecule has 3 rings (SSSR count). The number of hydrogen-bond acceptors (Lipinski definition) is 4. The number of H-pyrrole nitrogens is 1. The number of amides is 2. The van der Waals surface area contributed by atoms with Crippen molar-refractivity contribution >= 4 is 17.8 Å². The minimum Gasteiger partial charge on any atom is -0.347 e. The van der Waals surface area contributed by atoms with Crippen molar-refractivity contribution in [3.8, 4) is 0 Å². The van der Waals surface area contributed by atoms with E-state index in [0.29, 0.717) is 11.8 Å². The summed E-state index contributed by atoms with van der Waals surface area (Å²) in [4.78, 5) is 24.0. The van der Waals surface area contributed by atoms with Crippen molar-refractivity contribution in [3.63, 3.8) is 0 Å². The summed E-state index contributed by atoms with van der Waals surface area (Å²) < 4.78 is 0. The highest BCUT2D eigenvalue weighted by atomic mass is 32.2. The number of imidazole rings is 1. The van der Waals surface area contributed by atoms with E-state index < -0.39 is 0 Å². The van der Waals surface area contributed by atoms with Crippen molar-refractivity contribution < 1.29 is 4.79 Å². The number of likely N-dealkylation sites (N-methyl/N-ethyl adjacent to an activating group) is 1. The van der Waals surface area contributed by atoms with E-state index in [-0.39, 0.29) is 12.1 Å². The standard InChI is InChI=1S/C14H23N5OS/c1-18-6-7-19(10-12(18)13-15-4-5-16-13)14(20)17-9-11-3-2-8-21-11/h4-5,11-12H,2-3,6-10H2,1H3,(H,15,16)(H,17,20)/t11-,12-/m0/s1. The van der Waals surface area contributed by atoms with Crippen LogP contribution in [0.4, 0.5) is 4.79 Å². The molecule has 2 aliphatic heterocycles. The first-order valence-electron chi connectivity index (χ1n) is 7.58. The number of carbonyl (C=O) groups excluding carboxylic acids is 1. The predicted octanol–water partition coefficient (Wildman–Crippen LogP) is 1.30. The van der Waals surface area contributed by atoms with Crippen LogP contribution < -0.4 is 5.32 Å². The molecule has 0 saturated carbocycles. The molecule has 21 heavy (non-hydrogen) atoms. The number of aromatic amines is 1. The van der Waals surface area contributed by atoms with E-state index in [1.54, 1.807) is 6.20 Å². The zero-order chi connectivity index (χ0) is 14.7. The Morgan fingerprint density at radius 3 is 3.19 bits per heavy atom. The molecule has 2 aliphatic rings. The van der Waals surface area contributed by atoms with Crippen LogP contribution in [0.3, 0.4) is 0 Å². The fraction of sp³-hybridized carbons (Fsp3) is 0.714. The van der Waals surface area contributed by atoms with Crippen LogP contribution in [0.2, 0.25) is 0 Å². The largest absolute Gasteiger partial charge is 0.347 e. The number of thioether (sulfide) groups is 1. The molecule has 0 aromatic carbocycles. The molecule has 0 spiro atoms. The first-order valence-corrected chi connectivity index (χ1v) is 8.63. The van der Waals surface area contributed by atoms with E-state index in [1.165, 1.54) is 18.6 Å². The van der Waals surface area contributed by atoms with Crippen LogP contribution in [0.1, 0.15) is 24.7 Å². The summed E-state index contributed by atoms with van der Waals surface area (Å²) >= 11 is 1.97. The van der Waals surface area contributed by atoms with Gasteiger partial charge in [-0.05, 0) is 25.6 Å². The lowest BCUT2D eigenvalue weighted by Crippen LogP contribution is -2.52. The molecule has 2 amide bonds. The molecule has 2 saturated heterocycles. The molecule has 0 unspecified atom stereocenters. The van der Waals surface area contributed by atoms with Crippen molar-refractivity contribution in [1.82, 2.24) is 25.1 Å². The van der Waals surface area contributed by atoms with Crippen LogP contribution in [-0.4, -0.2) is 70.0 Å². The second-order valence-electron chi connectivity index (χ2n) is 5.74. The lowest BCUT2D eigenvalue weighted by molar-refractivity contribution is 0.106. The topological polar surface area (TPSA) is 64.3 Å². The first-order chi connectivity index (χ1) is 10.2. The fourth-order valence-electron chi connectivity index (χ4n) is 2.93. The highest BCUT2D eigenvalue weighted by Crippen LogP contribution is 2.25. The van der Waals surface area contributed by atoms with Gasteiger partial charge in [-0.25, -0.2) is 9.78 Å². The van der Waals surface area contributed by atoms with E-state index in [2.05, 4.69) is 27.2 Å². The third kappa shape index (κ3) is 3.52. The number of nitrogens with zero attached hydrogens (tertiary/aromatic N) is 3. The molecule has 2 atom stereocenters. The van der Waals surface area contributed by atoms with Gasteiger partial charge in [-0.2, -0.15) is 11.8 Å². The molecule has 0 aliphatic carbocycles. The average molecular weight is 309 g/mol. The summed E-state index contributed by atoms with van der Waals surface area (Å²) in [7, 11) is 2.08. The monoisotopic (exact) mass is 309 g/mol. The number of nitrogens with one attached hydrogen (secondary N) is 2. The molecular weight excluding hydrogens is 286 g/mol. The SMILES string of the molecule is CN1CCN(C(=O)NC[C@@H]2CCCS2)C[C@H]1c1ncc[nH]1. The van der Waals surface area contributed by atoms with Gasteiger partial charge < -0.3 is 15.2 Å². The molecule has 1 aromatic heterocycles. The smallest absolute Gasteiger partial charge is 0.317 e. The number of piperazine rings is 1. The molecule has 0 bridgehead atoms. The summed E-state index contributed by atoms with van der Waals surface area (Å²) in [5.41, 5.74) is 0. The Labute approximate surface area is 129 Å². The van der Waals surface area contributed by atoms with Crippen molar-refractivity contribution in [2.45, 2.75) is 24.1 Å². The molecule has 3 heterocycles. The van der Waals surface area contributed by atoms with Crippen LogP contribution in [0.25, 0.3) is 0 Å². The average Bonchev–Trinajstić information content (AvgIpc) is 3.18. The Bertz CT molecular complexity index is 460. The molecule has 1 aromatic rings. The van der Waals surface area contributed by atoms with Gasteiger partial charge in [0.05, 0.1) is 6.04 Å². The van der Waals surface area contributed by atoms with E-state index >= 15 is 0 Å². The molecule has 7 heteroatoms. The van der Waals surface area contributed by atoms with Gasteiger partial charge in [-0.15, -0.1) is 0 Å². The number of aromatic nitrogens is 2. The van der Waals surface area contributed by atoms with Gasteiger partial charge in [0.1, 0.15) is 5.82 Å². The Kier molecular flexibility index (Phi) is 4.70. The predicted molar refractivity (Wildman–Crippen MR) is 84.4 cm³/mol. The maximum absolute atomic E-state index is 12.3. The van der Waals surface area contributed by atoms with Crippen molar-refractivity contribution in [1.29, 1.82) is 0 Å². The van der Waals surface area contributed by atoms with E-state index in [4.69, 9.17) is 0 Å². The van der Waals surface area contributed by atoms with Gasteiger partial charge in [0.25, 0.3) is 0 Å². The second kappa shape index (κ2) is 6.70. The molecule has 6 nitrogen and oxygen atoms in total. The highest BCUT2D eigenvalue weighted by Gasteiger charge is 2.30. The molecule has 116 valence electrons. The molecular formula is C14H23N5OS. The van der Waals surface area contributed by atoms with Gasteiger partial charge >= 0.3 is 6.03 Å². The summed E-state index contributed by atoms with van der Waals surface area (Å²) in [6.07, 6.45) is 6.10. The van der Waals surface area contributed by atoms with Crippen LogP contribution in [0.5, 0.6) is 0 Å². The highest BCUT2D eigenvalue weighted by molar-refractivity contribution is 8.00. The quantitative estimate of drug-likeness (QED) is 0.883. The summed E-state index contributed by atoms with van der Waals surface area (Å²) in [5.74, 6) is 2.16. The van der Waals surface area contributed by atoms with Gasteiger partial charge in [0.15, 0.2) is 0 Å².